The number of aliphatic imine (C=N–C) groups is 1. The molecule has 0 saturated heterocycles. The van der Waals surface area contributed by atoms with Crippen molar-refractivity contribution in [3.63, 3.8) is 0 Å². The van der Waals surface area contributed by atoms with E-state index in [-0.39, 0.29) is 39.4 Å². The van der Waals surface area contributed by atoms with Crippen LogP contribution < -0.4 is 9.47 Å². The summed E-state index contributed by atoms with van der Waals surface area (Å²) in [6, 6.07) is 9.89. The smallest absolute Gasteiger partial charge is 0.344 e. The van der Waals surface area contributed by atoms with E-state index in [4.69, 9.17) is 19.3 Å². The number of carboxylic acids is 1. The molecule has 0 saturated carbocycles. The zero-order chi connectivity index (χ0) is 26.4. The lowest BCUT2D eigenvalue weighted by Crippen LogP contribution is -2.14. The Balaban J connectivity index is 2.02. The number of carbonyl (C=O) groups excluding carboxylic acids is 2. The van der Waals surface area contributed by atoms with Crippen LogP contribution in [0, 0.1) is 6.92 Å². The molecule has 2 aromatic rings. The largest absolute Gasteiger partial charge is 0.506 e. The minimum Gasteiger partial charge on any atom is -0.506 e. The summed E-state index contributed by atoms with van der Waals surface area (Å²) in [6.45, 7) is 3.03. The highest BCUT2D eigenvalue weighted by atomic mass is 79.9. The summed E-state index contributed by atoms with van der Waals surface area (Å²) in [5, 5.41) is 19.7. The number of carboxylic acid groups (broad SMARTS) is 1. The van der Waals surface area contributed by atoms with Crippen LogP contribution in [0.15, 0.2) is 62.1 Å². The first-order valence-corrected chi connectivity index (χ1v) is 12.2. The first-order chi connectivity index (χ1) is 17.1. The second-order valence-electron chi connectivity index (χ2n) is 7.35. The average molecular weight is 576 g/mol. The molecule has 9 nitrogen and oxygen atoms in total. The lowest BCUT2D eigenvalue weighted by Gasteiger charge is -2.12. The third-order valence-electron chi connectivity index (χ3n) is 4.79. The summed E-state index contributed by atoms with van der Waals surface area (Å²) in [4.78, 5) is 40.5. The number of thioether (sulfide) groups is 1. The Kier molecular flexibility index (Phi) is 8.94. The molecule has 0 unspecified atom stereocenters. The van der Waals surface area contributed by atoms with Crippen molar-refractivity contribution in [2.24, 2.45) is 4.99 Å². The maximum Gasteiger partial charge on any atom is 0.344 e. The van der Waals surface area contributed by atoms with Gasteiger partial charge in [0.05, 0.1) is 18.6 Å². The molecule has 1 aliphatic rings. The molecule has 11 heteroatoms. The number of aryl methyl sites for hydroxylation is 1. The van der Waals surface area contributed by atoms with Crippen LogP contribution in [0.3, 0.4) is 0 Å². The first-order valence-electron chi connectivity index (χ1n) is 10.6. The molecular weight excluding hydrogens is 554 g/mol. The molecule has 0 bridgehead atoms. The highest BCUT2D eigenvalue weighted by molar-refractivity contribution is 9.10. The predicted molar refractivity (Wildman–Crippen MR) is 139 cm³/mol. The van der Waals surface area contributed by atoms with Crippen molar-refractivity contribution in [1.82, 2.24) is 0 Å². The molecule has 2 N–H and O–H groups in total. The molecule has 0 fully saturated rings. The van der Waals surface area contributed by atoms with Crippen LogP contribution in [0.4, 0.5) is 0 Å². The summed E-state index contributed by atoms with van der Waals surface area (Å²) in [5.74, 6) is -2.45. The van der Waals surface area contributed by atoms with Gasteiger partial charge < -0.3 is 24.4 Å². The number of aliphatic carboxylic acids is 1. The number of nitrogens with zero attached hydrogens (tertiary/aromatic N) is 1. The molecular formula is C25H22BrNO8S. The maximum atomic E-state index is 12.7. The van der Waals surface area contributed by atoms with E-state index < -0.39 is 24.5 Å². The molecule has 1 aliphatic heterocycles. The fraction of sp³-hybridized carbons (Fsp3) is 0.200. The van der Waals surface area contributed by atoms with Crippen LogP contribution in [0.1, 0.15) is 28.4 Å². The Morgan fingerprint density at radius 1 is 1.14 bits per heavy atom. The fourth-order valence-corrected chi connectivity index (χ4v) is 4.50. The summed E-state index contributed by atoms with van der Waals surface area (Å²) < 4.78 is 16.1. The van der Waals surface area contributed by atoms with Crippen LogP contribution in [-0.2, 0) is 14.3 Å². The molecule has 3 rings (SSSR count). The number of carbonyl (C=O) groups is 3. The van der Waals surface area contributed by atoms with E-state index in [2.05, 4.69) is 20.9 Å². The normalized spacial score (nSPS) is 15.3. The van der Waals surface area contributed by atoms with Gasteiger partial charge in [-0.1, -0.05) is 45.4 Å². The Morgan fingerprint density at radius 3 is 2.44 bits per heavy atom. The van der Waals surface area contributed by atoms with Crippen LogP contribution in [0.5, 0.6) is 11.5 Å². The SMILES string of the molecule is CCOC(=O)C1=C(O)/C(=C/c2cc(OC)c(OCC(=O)O)cc2Br)SC1=NC(=O)c1ccc(C)cc1. The standard InChI is InChI=1S/C25H22BrNO8S/c1-4-34-25(32)21-22(30)19(36-24(21)27-23(31)14-7-5-13(2)6-8-14)10-15-9-17(33-3)18(11-16(15)26)35-12-20(28)29/h5-11,30H,4,12H2,1-3H3,(H,28,29)/b19-10-,27-24?. The summed E-state index contributed by atoms with van der Waals surface area (Å²) in [6.07, 6.45) is 1.56. The van der Waals surface area contributed by atoms with Crippen LogP contribution >= 0.6 is 27.7 Å². The fourth-order valence-electron chi connectivity index (χ4n) is 3.06. The van der Waals surface area contributed by atoms with E-state index in [0.29, 0.717) is 15.6 Å². The average Bonchev–Trinajstić information content (AvgIpc) is 3.13. The number of esters is 1. The third-order valence-corrected chi connectivity index (χ3v) is 6.50. The Morgan fingerprint density at radius 2 is 1.83 bits per heavy atom. The zero-order valence-electron chi connectivity index (χ0n) is 19.5. The number of halogens is 1. The number of aliphatic hydroxyl groups is 1. The minimum absolute atomic E-state index is 0.00674. The van der Waals surface area contributed by atoms with Gasteiger partial charge in [0.25, 0.3) is 5.91 Å². The lowest BCUT2D eigenvalue weighted by atomic mass is 10.1. The van der Waals surface area contributed by atoms with E-state index in [9.17, 15) is 19.5 Å². The van der Waals surface area contributed by atoms with E-state index >= 15 is 0 Å². The molecule has 0 spiro atoms. The van der Waals surface area contributed by atoms with Crippen LogP contribution in [-0.4, -0.2) is 53.4 Å². The first kappa shape index (κ1) is 27.0. The Hall–Kier alpha value is -3.57. The highest BCUT2D eigenvalue weighted by Gasteiger charge is 2.34. The quantitative estimate of drug-likeness (QED) is 0.420. The van der Waals surface area contributed by atoms with E-state index in [1.807, 2.05) is 6.92 Å². The molecule has 2 aromatic carbocycles. The number of methoxy groups -OCH3 is 1. The number of aliphatic hydroxyl groups excluding tert-OH is 1. The van der Waals surface area contributed by atoms with Crippen molar-refractivity contribution in [2.75, 3.05) is 20.3 Å². The highest BCUT2D eigenvalue weighted by Crippen LogP contribution is 2.41. The number of benzene rings is 2. The lowest BCUT2D eigenvalue weighted by molar-refractivity contribution is -0.139. The topological polar surface area (TPSA) is 132 Å². The van der Waals surface area contributed by atoms with Gasteiger partial charge in [-0.05, 0) is 49.8 Å². The van der Waals surface area contributed by atoms with Crippen LogP contribution in [0.2, 0.25) is 0 Å². The second-order valence-corrected chi connectivity index (χ2v) is 9.23. The second kappa shape index (κ2) is 11.9. The van der Waals surface area contributed by atoms with Crippen LogP contribution in [0.25, 0.3) is 6.08 Å². The number of hydrogen-bond donors (Lipinski definition) is 2. The number of rotatable bonds is 8. The predicted octanol–water partition coefficient (Wildman–Crippen LogP) is 4.93. The van der Waals surface area contributed by atoms with Gasteiger partial charge in [-0.15, -0.1) is 0 Å². The zero-order valence-corrected chi connectivity index (χ0v) is 21.9. The summed E-state index contributed by atoms with van der Waals surface area (Å²) >= 11 is 4.33. The molecule has 0 atom stereocenters. The molecule has 1 amide bonds. The molecule has 0 radical (unpaired) electrons. The molecule has 0 aromatic heterocycles. The molecule has 188 valence electrons. The van der Waals surface area contributed by atoms with Gasteiger partial charge in [0.1, 0.15) is 16.4 Å². The minimum atomic E-state index is -1.14. The van der Waals surface area contributed by atoms with Gasteiger partial charge in [0.15, 0.2) is 18.1 Å². The van der Waals surface area contributed by atoms with Crippen molar-refractivity contribution in [1.29, 1.82) is 0 Å². The summed E-state index contributed by atoms with van der Waals surface area (Å²) in [7, 11) is 1.40. The molecule has 1 heterocycles. The maximum absolute atomic E-state index is 12.7. The van der Waals surface area contributed by atoms with Crippen molar-refractivity contribution in [2.45, 2.75) is 13.8 Å². The Bertz CT molecular complexity index is 1300. The van der Waals surface area contributed by atoms with Gasteiger partial charge in [-0.25, -0.2) is 14.6 Å². The van der Waals surface area contributed by atoms with Crippen molar-refractivity contribution < 1.29 is 38.8 Å². The monoisotopic (exact) mass is 575 g/mol. The molecule has 36 heavy (non-hydrogen) atoms. The van der Waals surface area contributed by atoms with E-state index in [1.54, 1.807) is 43.3 Å². The number of hydrogen-bond acceptors (Lipinski definition) is 8. The van der Waals surface area contributed by atoms with Gasteiger partial charge >= 0.3 is 11.9 Å². The van der Waals surface area contributed by atoms with E-state index in [0.717, 1.165) is 17.3 Å². The van der Waals surface area contributed by atoms with E-state index in [1.165, 1.54) is 13.2 Å². The van der Waals surface area contributed by atoms with Crippen molar-refractivity contribution >= 4 is 56.7 Å². The van der Waals surface area contributed by atoms with Gasteiger partial charge in [0.2, 0.25) is 0 Å². The summed E-state index contributed by atoms with van der Waals surface area (Å²) in [5.41, 5.74) is 1.62. The third kappa shape index (κ3) is 6.35. The van der Waals surface area contributed by atoms with Crippen molar-refractivity contribution in [3.8, 4) is 11.5 Å². The number of amides is 1. The van der Waals surface area contributed by atoms with Gasteiger partial charge in [0, 0.05) is 10.0 Å². The molecule has 0 aliphatic carbocycles. The number of ether oxygens (including phenoxy) is 3. The van der Waals surface area contributed by atoms with Gasteiger partial charge in [-0.3, -0.25) is 4.79 Å². The van der Waals surface area contributed by atoms with Crippen molar-refractivity contribution in [3.05, 3.63) is 73.8 Å². The van der Waals surface area contributed by atoms with Gasteiger partial charge in [-0.2, -0.15) is 0 Å². The Labute approximate surface area is 219 Å².